The molecule has 1 heterocycles. The van der Waals surface area contributed by atoms with E-state index in [9.17, 15) is 18.0 Å². The van der Waals surface area contributed by atoms with Crippen LogP contribution in [0.4, 0.5) is 13.2 Å². The number of carbonyl (C=O) groups is 1. The molecule has 1 aliphatic rings. The maximum atomic E-state index is 13.1. The van der Waals surface area contributed by atoms with Crippen molar-refractivity contribution in [3.8, 4) is 11.1 Å². The Balaban J connectivity index is 1.39. The Bertz CT molecular complexity index is 1040. The summed E-state index contributed by atoms with van der Waals surface area (Å²) >= 11 is 0. The van der Waals surface area contributed by atoms with E-state index in [1.165, 1.54) is 17.7 Å². The highest BCUT2D eigenvalue weighted by Crippen LogP contribution is 2.33. The van der Waals surface area contributed by atoms with E-state index in [-0.39, 0.29) is 5.78 Å². The van der Waals surface area contributed by atoms with Gasteiger partial charge in [0.2, 0.25) is 0 Å². The van der Waals surface area contributed by atoms with Gasteiger partial charge in [-0.2, -0.15) is 13.2 Å². The standard InChI is InChI=1S/C27H26F3NO/c28-27(29,30)23-12-10-22(11-13-23)24-8-4-5-9-25(24)26(32)18-20-14-16-31(17-15-20)19-21-6-2-1-3-7-21/h1-13,20H,14-19H2. The first-order valence-electron chi connectivity index (χ1n) is 11.0. The molecule has 1 aliphatic heterocycles. The Morgan fingerprint density at radius 3 is 2.12 bits per heavy atom. The van der Waals surface area contributed by atoms with Gasteiger partial charge in [0.15, 0.2) is 5.78 Å². The van der Waals surface area contributed by atoms with Crippen LogP contribution in [0, 0.1) is 5.92 Å². The number of rotatable bonds is 6. The maximum absolute atomic E-state index is 13.1. The summed E-state index contributed by atoms with van der Waals surface area (Å²) in [6.07, 6.45) is -1.96. The highest BCUT2D eigenvalue weighted by Gasteiger charge is 2.30. The molecule has 3 aromatic rings. The zero-order valence-electron chi connectivity index (χ0n) is 17.8. The number of halogens is 3. The van der Waals surface area contributed by atoms with Crippen LogP contribution in [0.3, 0.4) is 0 Å². The van der Waals surface area contributed by atoms with Crippen LogP contribution in [0.1, 0.15) is 40.7 Å². The van der Waals surface area contributed by atoms with E-state index in [2.05, 4.69) is 29.2 Å². The molecule has 0 spiro atoms. The summed E-state index contributed by atoms with van der Waals surface area (Å²) in [5, 5.41) is 0. The van der Waals surface area contributed by atoms with Crippen LogP contribution in [0.5, 0.6) is 0 Å². The van der Waals surface area contributed by atoms with Crippen LogP contribution >= 0.6 is 0 Å². The molecule has 1 saturated heterocycles. The lowest BCUT2D eigenvalue weighted by atomic mass is 9.87. The van der Waals surface area contributed by atoms with Crippen LogP contribution in [0.2, 0.25) is 0 Å². The van der Waals surface area contributed by atoms with Gasteiger partial charge in [-0.25, -0.2) is 0 Å². The van der Waals surface area contributed by atoms with Gasteiger partial charge in [0.25, 0.3) is 0 Å². The van der Waals surface area contributed by atoms with Crippen molar-refractivity contribution in [3.63, 3.8) is 0 Å². The molecule has 0 N–H and O–H groups in total. The summed E-state index contributed by atoms with van der Waals surface area (Å²) in [5.74, 6) is 0.386. The monoisotopic (exact) mass is 437 g/mol. The first kappa shape index (κ1) is 22.3. The van der Waals surface area contributed by atoms with Crippen molar-refractivity contribution >= 4 is 5.78 Å². The van der Waals surface area contributed by atoms with E-state index >= 15 is 0 Å². The van der Waals surface area contributed by atoms with E-state index in [0.29, 0.717) is 29.0 Å². The Kier molecular flexibility index (Phi) is 6.75. The molecule has 3 aromatic carbocycles. The molecule has 32 heavy (non-hydrogen) atoms. The summed E-state index contributed by atoms with van der Waals surface area (Å²) in [7, 11) is 0. The van der Waals surface area contributed by atoms with Crippen LogP contribution in [-0.4, -0.2) is 23.8 Å². The summed E-state index contributed by atoms with van der Waals surface area (Å²) in [6, 6.07) is 22.6. The number of Topliss-reactive ketones (excluding diaryl/α,β-unsaturated/α-hetero) is 1. The van der Waals surface area contributed by atoms with Crippen molar-refractivity contribution in [3.05, 3.63) is 95.6 Å². The molecule has 0 atom stereocenters. The first-order chi connectivity index (χ1) is 15.4. The molecule has 0 aliphatic carbocycles. The van der Waals surface area contributed by atoms with Crippen LogP contribution < -0.4 is 0 Å². The normalized spacial score (nSPS) is 15.6. The smallest absolute Gasteiger partial charge is 0.299 e. The number of ketones is 1. The average Bonchev–Trinajstić information content (AvgIpc) is 2.80. The third kappa shape index (κ3) is 5.46. The number of likely N-dealkylation sites (tertiary alicyclic amines) is 1. The minimum absolute atomic E-state index is 0.0574. The van der Waals surface area contributed by atoms with Crippen LogP contribution in [0.25, 0.3) is 11.1 Å². The van der Waals surface area contributed by atoms with Gasteiger partial charge < -0.3 is 0 Å². The lowest BCUT2D eigenvalue weighted by molar-refractivity contribution is -0.137. The fourth-order valence-corrected chi connectivity index (χ4v) is 4.38. The minimum atomic E-state index is -4.37. The zero-order valence-corrected chi connectivity index (χ0v) is 17.8. The average molecular weight is 438 g/mol. The first-order valence-corrected chi connectivity index (χ1v) is 11.0. The fourth-order valence-electron chi connectivity index (χ4n) is 4.38. The van der Waals surface area contributed by atoms with Crippen LogP contribution in [0.15, 0.2) is 78.9 Å². The molecule has 0 amide bonds. The van der Waals surface area contributed by atoms with Gasteiger partial charge in [-0.1, -0.05) is 66.7 Å². The van der Waals surface area contributed by atoms with E-state index in [4.69, 9.17) is 0 Å². The number of carbonyl (C=O) groups excluding carboxylic acids is 1. The molecule has 5 heteroatoms. The molecule has 4 rings (SSSR count). The van der Waals surface area contributed by atoms with Gasteiger partial charge in [-0.05, 0) is 60.7 Å². The largest absolute Gasteiger partial charge is 0.416 e. The SMILES string of the molecule is O=C(CC1CCN(Cc2ccccc2)CC1)c1ccccc1-c1ccc(C(F)(F)F)cc1. The topological polar surface area (TPSA) is 20.3 Å². The van der Waals surface area contributed by atoms with Gasteiger partial charge in [0, 0.05) is 18.5 Å². The Morgan fingerprint density at radius 1 is 0.844 bits per heavy atom. The second-order valence-electron chi connectivity index (χ2n) is 8.45. The molecule has 166 valence electrons. The van der Waals surface area contributed by atoms with Gasteiger partial charge >= 0.3 is 6.18 Å². The molecule has 0 radical (unpaired) electrons. The summed E-state index contributed by atoms with van der Waals surface area (Å²) in [4.78, 5) is 15.5. The predicted octanol–water partition coefficient (Wildman–Crippen LogP) is 6.86. The third-order valence-corrected chi connectivity index (χ3v) is 6.18. The van der Waals surface area contributed by atoms with Crippen molar-refractivity contribution < 1.29 is 18.0 Å². The molecular weight excluding hydrogens is 411 g/mol. The second-order valence-corrected chi connectivity index (χ2v) is 8.45. The van der Waals surface area contributed by atoms with Crippen LogP contribution in [-0.2, 0) is 12.7 Å². The van der Waals surface area contributed by atoms with Gasteiger partial charge in [-0.3, -0.25) is 9.69 Å². The molecule has 0 bridgehead atoms. The number of hydrogen-bond donors (Lipinski definition) is 0. The van der Waals surface area contributed by atoms with Gasteiger partial charge in [-0.15, -0.1) is 0 Å². The zero-order chi connectivity index (χ0) is 22.6. The van der Waals surface area contributed by atoms with Gasteiger partial charge in [0.05, 0.1) is 5.56 Å². The van der Waals surface area contributed by atoms with Gasteiger partial charge in [0.1, 0.15) is 0 Å². The minimum Gasteiger partial charge on any atom is -0.299 e. The second kappa shape index (κ2) is 9.70. The van der Waals surface area contributed by atoms with E-state index in [1.54, 1.807) is 12.1 Å². The number of alkyl halides is 3. The number of nitrogens with zero attached hydrogens (tertiary/aromatic N) is 1. The van der Waals surface area contributed by atoms with Crippen molar-refractivity contribution in [2.24, 2.45) is 5.92 Å². The molecule has 0 saturated carbocycles. The third-order valence-electron chi connectivity index (χ3n) is 6.18. The number of piperidine rings is 1. The molecule has 0 aromatic heterocycles. The van der Waals surface area contributed by atoms with E-state index in [0.717, 1.165) is 44.6 Å². The molecule has 1 fully saturated rings. The quantitative estimate of drug-likeness (QED) is 0.393. The lowest BCUT2D eigenvalue weighted by Gasteiger charge is -2.31. The molecule has 2 nitrogen and oxygen atoms in total. The van der Waals surface area contributed by atoms with Crippen molar-refractivity contribution in [2.45, 2.75) is 32.0 Å². The fraction of sp³-hybridized carbons (Fsp3) is 0.296. The Hall–Kier alpha value is -2.92. The summed E-state index contributed by atoms with van der Waals surface area (Å²) in [6.45, 7) is 2.86. The Morgan fingerprint density at radius 2 is 1.47 bits per heavy atom. The molecular formula is C27H26F3NO. The number of hydrogen-bond acceptors (Lipinski definition) is 2. The lowest BCUT2D eigenvalue weighted by Crippen LogP contribution is -2.33. The number of benzene rings is 3. The highest BCUT2D eigenvalue weighted by atomic mass is 19.4. The maximum Gasteiger partial charge on any atom is 0.416 e. The molecule has 0 unspecified atom stereocenters. The van der Waals surface area contributed by atoms with Crippen molar-refractivity contribution in [1.82, 2.24) is 4.90 Å². The van der Waals surface area contributed by atoms with E-state index < -0.39 is 11.7 Å². The van der Waals surface area contributed by atoms with Crippen molar-refractivity contribution in [2.75, 3.05) is 13.1 Å². The van der Waals surface area contributed by atoms with E-state index in [1.807, 2.05) is 18.2 Å². The Labute approximate surface area is 186 Å². The summed E-state index contributed by atoms with van der Waals surface area (Å²) in [5.41, 5.74) is 2.51. The van der Waals surface area contributed by atoms with Crippen molar-refractivity contribution in [1.29, 1.82) is 0 Å². The summed E-state index contributed by atoms with van der Waals surface area (Å²) < 4.78 is 38.6. The predicted molar refractivity (Wildman–Crippen MR) is 120 cm³/mol. The highest BCUT2D eigenvalue weighted by molar-refractivity contribution is 6.02.